The normalized spacial score (nSPS) is 12.9. The Morgan fingerprint density at radius 2 is 2.22 bits per heavy atom. The number of halogens is 2. The first kappa shape index (κ1) is 8.56. The first-order valence-corrected chi connectivity index (χ1v) is 2.82. The molecule has 0 spiro atoms. The van der Waals surface area contributed by atoms with Crippen LogP contribution in [0.1, 0.15) is 19.8 Å². The lowest BCUT2D eigenvalue weighted by atomic mass is 10.2. The number of rotatable bonds is 3. The van der Waals surface area contributed by atoms with E-state index in [0.717, 1.165) is 6.08 Å². The fraction of sp³-hybridized carbons (Fsp3) is 0.667. The van der Waals surface area contributed by atoms with Crippen molar-refractivity contribution >= 4 is 0 Å². The summed E-state index contributed by atoms with van der Waals surface area (Å²) in [6.45, 7) is 1.57. The van der Waals surface area contributed by atoms with Crippen LogP contribution in [-0.2, 0) is 0 Å². The highest BCUT2D eigenvalue weighted by Crippen LogP contribution is 2.03. The largest absolute Gasteiger partial charge is 0.393 e. The van der Waals surface area contributed by atoms with Crippen LogP contribution < -0.4 is 0 Å². The standard InChI is InChI=1S/C6H10F2O/c1-5(9)3-2-4-6(7)8/h4-5,9H,2-3H2,1H3. The van der Waals surface area contributed by atoms with Crippen LogP contribution in [0.3, 0.4) is 0 Å². The van der Waals surface area contributed by atoms with Gasteiger partial charge in [-0.3, -0.25) is 0 Å². The zero-order valence-corrected chi connectivity index (χ0v) is 5.27. The monoisotopic (exact) mass is 136 g/mol. The summed E-state index contributed by atoms with van der Waals surface area (Å²) in [6.07, 6.45) is -0.694. The molecule has 0 aromatic rings. The van der Waals surface area contributed by atoms with Gasteiger partial charge in [0.1, 0.15) is 0 Å². The van der Waals surface area contributed by atoms with Crippen LogP contribution in [0.5, 0.6) is 0 Å². The number of aliphatic hydroxyl groups is 1. The van der Waals surface area contributed by atoms with Gasteiger partial charge >= 0.3 is 0 Å². The number of hydrogen-bond donors (Lipinski definition) is 1. The Morgan fingerprint density at radius 1 is 1.67 bits per heavy atom. The Kier molecular flexibility index (Phi) is 4.22. The molecule has 3 heteroatoms. The SMILES string of the molecule is CC(O)CCC=C(F)F. The summed E-state index contributed by atoms with van der Waals surface area (Å²) in [6, 6.07) is 0. The third-order valence-corrected chi connectivity index (χ3v) is 0.883. The molecule has 0 saturated heterocycles. The molecule has 0 bridgehead atoms. The van der Waals surface area contributed by atoms with Crippen LogP contribution >= 0.6 is 0 Å². The zero-order chi connectivity index (χ0) is 7.28. The topological polar surface area (TPSA) is 20.2 Å². The summed E-state index contributed by atoms with van der Waals surface area (Å²) in [5.41, 5.74) is 0. The molecule has 1 unspecified atom stereocenters. The van der Waals surface area contributed by atoms with Crippen molar-refractivity contribution in [1.29, 1.82) is 0 Å². The average molecular weight is 136 g/mol. The summed E-state index contributed by atoms with van der Waals surface area (Å²) in [4.78, 5) is 0. The minimum atomic E-state index is -1.67. The first-order valence-electron chi connectivity index (χ1n) is 2.82. The van der Waals surface area contributed by atoms with E-state index in [0.29, 0.717) is 6.42 Å². The lowest BCUT2D eigenvalue weighted by Gasteiger charge is -1.97. The Balaban J connectivity index is 3.20. The van der Waals surface area contributed by atoms with Crippen LogP contribution in [0.25, 0.3) is 0 Å². The second-order valence-electron chi connectivity index (χ2n) is 1.92. The van der Waals surface area contributed by atoms with Crippen molar-refractivity contribution in [2.24, 2.45) is 0 Å². The van der Waals surface area contributed by atoms with Gasteiger partial charge in [-0.1, -0.05) is 0 Å². The fourth-order valence-corrected chi connectivity index (χ4v) is 0.434. The van der Waals surface area contributed by atoms with Crippen molar-refractivity contribution in [3.8, 4) is 0 Å². The Hall–Kier alpha value is -0.440. The van der Waals surface area contributed by atoms with E-state index in [1.807, 2.05) is 0 Å². The van der Waals surface area contributed by atoms with Gasteiger partial charge in [0, 0.05) is 0 Å². The van der Waals surface area contributed by atoms with Crippen LogP contribution in [-0.4, -0.2) is 11.2 Å². The van der Waals surface area contributed by atoms with E-state index in [2.05, 4.69) is 0 Å². The van der Waals surface area contributed by atoms with Crippen molar-refractivity contribution < 1.29 is 13.9 Å². The summed E-state index contributed by atoms with van der Waals surface area (Å²) < 4.78 is 22.5. The molecule has 0 saturated carbocycles. The molecular formula is C6H10F2O. The van der Waals surface area contributed by atoms with Gasteiger partial charge in [-0.25, -0.2) is 0 Å². The van der Waals surface area contributed by atoms with Crippen molar-refractivity contribution in [3.05, 3.63) is 12.2 Å². The molecule has 0 aliphatic heterocycles. The first-order chi connectivity index (χ1) is 4.13. The Bertz CT molecular complexity index is 95.2. The molecule has 0 aromatic carbocycles. The molecule has 0 rings (SSSR count). The molecular weight excluding hydrogens is 126 g/mol. The van der Waals surface area contributed by atoms with Crippen molar-refractivity contribution in [1.82, 2.24) is 0 Å². The summed E-state index contributed by atoms with van der Waals surface area (Å²) in [5, 5.41) is 8.59. The summed E-state index contributed by atoms with van der Waals surface area (Å²) >= 11 is 0. The van der Waals surface area contributed by atoms with Gasteiger partial charge in [-0.15, -0.1) is 0 Å². The van der Waals surface area contributed by atoms with Gasteiger partial charge in [0.25, 0.3) is 6.08 Å². The molecule has 1 nitrogen and oxygen atoms in total. The lowest BCUT2D eigenvalue weighted by molar-refractivity contribution is 0.185. The molecule has 9 heavy (non-hydrogen) atoms. The van der Waals surface area contributed by atoms with Gasteiger partial charge in [0.2, 0.25) is 0 Å². The molecule has 0 radical (unpaired) electrons. The fourth-order valence-electron chi connectivity index (χ4n) is 0.434. The minimum absolute atomic E-state index is 0.250. The maximum Gasteiger partial charge on any atom is 0.266 e. The zero-order valence-electron chi connectivity index (χ0n) is 5.27. The maximum atomic E-state index is 11.3. The quantitative estimate of drug-likeness (QED) is 0.628. The van der Waals surface area contributed by atoms with Gasteiger partial charge in [0.15, 0.2) is 0 Å². The van der Waals surface area contributed by atoms with Gasteiger partial charge in [-0.2, -0.15) is 8.78 Å². The van der Waals surface area contributed by atoms with Crippen molar-refractivity contribution in [3.63, 3.8) is 0 Å². The predicted octanol–water partition coefficient (Wildman–Crippen LogP) is 1.93. The number of hydrogen-bond acceptors (Lipinski definition) is 1. The molecule has 1 atom stereocenters. The van der Waals surface area contributed by atoms with E-state index in [-0.39, 0.29) is 6.42 Å². The molecule has 0 heterocycles. The second-order valence-corrected chi connectivity index (χ2v) is 1.92. The van der Waals surface area contributed by atoms with E-state index in [9.17, 15) is 8.78 Å². The third kappa shape index (κ3) is 7.56. The van der Waals surface area contributed by atoms with E-state index in [1.54, 1.807) is 6.92 Å². The molecule has 0 aliphatic rings. The average Bonchev–Trinajstić information content (AvgIpc) is 1.63. The molecule has 0 fully saturated rings. The molecule has 0 amide bonds. The molecule has 54 valence electrons. The Labute approximate surface area is 53.0 Å². The highest BCUT2D eigenvalue weighted by atomic mass is 19.3. The smallest absolute Gasteiger partial charge is 0.266 e. The van der Waals surface area contributed by atoms with Gasteiger partial charge in [0.05, 0.1) is 6.10 Å². The van der Waals surface area contributed by atoms with E-state index in [1.165, 1.54) is 0 Å². The van der Waals surface area contributed by atoms with Crippen molar-refractivity contribution in [2.75, 3.05) is 0 Å². The van der Waals surface area contributed by atoms with Crippen LogP contribution in [0, 0.1) is 0 Å². The number of allylic oxidation sites excluding steroid dienone is 1. The van der Waals surface area contributed by atoms with E-state index >= 15 is 0 Å². The van der Waals surface area contributed by atoms with Crippen LogP contribution in [0.15, 0.2) is 12.2 Å². The van der Waals surface area contributed by atoms with Crippen molar-refractivity contribution in [2.45, 2.75) is 25.9 Å². The lowest BCUT2D eigenvalue weighted by Crippen LogP contribution is -1.96. The van der Waals surface area contributed by atoms with Crippen LogP contribution in [0.2, 0.25) is 0 Å². The molecule has 0 aromatic heterocycles. The van der Waals surface area contributed by atoms with Gasteiger partial charge in [-0.05, 0) is 25.8 Å². The summed E-state index contributed by atoms with van der Waals surface area (Å²) in [7, 11) is 0. The van der Waals surface area contributed by atoms with Gasteiger partial charge < -0.3 is 5.11 Å². The second kappa shape index (κ2) is 4.44. The predicted molar refractivity (Wildman–Crippen MR) is 31.2 cm³/mol. The highest BCUT2D eigenvalue weighted by Gasteiger charge is 1.93. The highest BCUT2D eigenvalue weighted by molar-refractivity contribution is 4.80. The third-order valence-electron chi connectivity index (χ3n) is 0.883. The number of aliphatic hydroxyl groups excluding tert-OH is 1. The minimum Gasteiger partial charge on any atom is -0.393 e. The molecule has 0 aliphatic carbocycles. The van der Waals surface area contributed by atoms with Crippen LogP contribution in [0.4, 0.5) is 8.78 Å². The summed E-state index contributed by atoms with van der Waals surface area (Å²) in [5.74, 6) is 0. The van der Waals surface area contributed by atoms with E-state index < -0.39 is 12.2 Å². The van der Waals surface area contributed by atoms with E-state index in [4.69, 9.17) is 5.11 Å². The Morgan fingerprint density at radius 3 is 2.56 bits per heavy atom. The molecule has 1 N–H and O–H groups in total. The maximum absolute atomic E-state index is 11.3.